The quantitative estimate of drug-likeness (QED) is 0.758. The average molecular weight is 239 g/mol. The van der Waals surface area contributed by atoms with Gasteiger partial charge in [-0.1, -0.05) is 6.92 Å². The smallest absolute Gasteiger partial charge is 0.0207 e. The Morgan fingerprint density at radius 3 is 2.71 bits per heavy atom. The van der Waals surface area contributed by atoms with E-state index in [-0.39, 0.29) is 0 Å². The topological polar surface area (TPSA) is 18.5 Å². The monoisotopic (exact) mass is 239 g/mol. The summed E-state index contributed by atoms with van der Waals surface area (Å²) in [5.41, 5.74) is 0. The Bertz CT molecular complexity index is 214. The second-order valence-corrected chi connectivity index (χ2v) is 5.79. The zero-order chi connectivity index (χ0) is 12.1. The van der Waals surface area contributed by atoms with Crippen LogP contribution in [0.25, 0.3) is 0 Å². The molecule has 2 fully saturated rings. The van der Waals surface area contributed by atoms with Crippen LogP contribution < -0.4 is 5.32 Å². The van der Waals surface area contributed by atoms with E-state index in [0.717, 1.165) is 12.1 Å². The number of likely N-dealkylation sites (tertiary alicyclic amines) is 2. The van der Waals surface area contributed by atoms with Gasteiger partial charge in [-0.15, -0.1) is 0 Å². The van der Waals surface area contributed by atoms with Crippen LogP contribution in [-0.4, -0.2) is 61.2 Å². The van der Waals surface area contributed by atoms with Crippen molar-refractivity contribution in [2.24, 2.45) is 0 Å². The van der Waals surface area contributed by atoms with Crippen molar-refractivity contribution in [3.8, 4) is 0 Å². The van der Waals surface area contributed by atoms with E-state index < -0.39 is 0 Å². The molecule has 2 aliphatic heterocycles. The van der Waals surface area contributed by atoms with Crippen LogP contribution in [-0.2, 0) is 0 Å². The molecule has 0 amide bonds. The molecule has 2 atom stereocenters. The van der Waals surface area contributed by atoms with Crippen molar-refractivity contribution in [1.82, 2.24) is 15.1 Å². The number of rotatable bonds is 6. The summed E-state index contributed by atoms with van der Waals surface area (Å²) in [6.45, 7) is 12.3. The first-order valence-corrected chi connectivity index (χ1v) is 7.49. The summed E-state index contributed by atoms with van der Waals surface area (Å²) in [7, 11) is 0. The maximum Gasteiger partial charge on any atom is 0.0207 e. The van der Waals surface area contributed by atoms with Crippen LogP contribution in [0.2, 0.25) is 0 Å². The summed E-state index contributed by atoms with van der Waals surface area (Å²) in [6, 6.07) is 1.48. The average Bonchev–Trinajstić information content (AvgIpc) is 2.96. The molecular weight excluding hydrogens is 210 g/mol. The molecule has 0 aliphatic carbocycles. The van der Waals surface area contributed by atoms with E-state index in [4.69, 9.17) is 0 Å². The minimum absolute atomic E-state index is 0.738. The predicted molar refractivity (Wildman–Crippen MR) is 73.4 cm³/mol. The van der Waals surface area contributed by atoms with Gasteiger partial charge in [0.2, 0.25) is 0 Å². The van der Waals surface area contributed by atoms with Crippen molar-refractivity contribution >= 4 is 0 Å². The largest absolute Gasteiger partial charge is 0.313 e. The molecule has 0 spiro atoms. The molecule has 0 aromatic carbocycles. The molecule has 17 heavy (non-hydrogen) atoms. The molecule has 0 saturated carbocycles. The van der Waals surface area contributed by atoms with Gasteiger partial charge >= 0.3 is 0 Å². The Morgan fingerprint density at radius 2 is 2.00 bits per heavy atom. The van der Waals surface area contributed by atoms with Gasteiger partial charge in [-0.25, -0.2) is 0 Å². The molecule has 2 aliphatic rings. The number of nitrogens with zero attached hydrogens (tertiary/aromatic N) is 2. The molecule has 2 saturated heterocycles. The Labute approximate surface area is 107 Å². The van der Waals surface area contributed by atoms with Crippen LogP contribution in [0.15, 0.2) is 0 Å². The van der Waals surface area contributed by atoms with E-state index in [1.807, 2.05) is 0 Å². The van der Waals surface area contributed by atoms with Crippen molar-refractivity contribution in [2.75, 3.05) is 39.3 Å². The first-order chi connectivity index (χ1) is 8.29. The van der Waals surface area contributed by atoms with Crippen molar-refractivity contribution in [2.45, 2.75) is 51.6 Å². The fourth-order valence-electron chi connectivity index (χ4n) is 3.16. The second kappa shape index (κ2) is 6.72. The van der Waals surface area contributed by atoms with E-state index in [0.29, 0.717) is 0 Å². The third kappa shape index (κ3) is 3.94. The summed E-state index contributed by atoms with van der Waals surface area (Å²) in [6.07, 6.45) is 5.41. The van der Waals surface area contributed by atoms with E-state index >= 15 is 0 Å². The molecule has 3 nitrogen and oxygen atoms in total. The molecule has 0 aromatic heterocycles. The minimum Gasteiger partial charge on any atom is -0.313 e. The van der Waals surface area contributed by atoms with Crippen molar-refractivity contribution in [1.29, 1.82) is 0 Å². The Hall–Kier alpha value is -0.120. The normalized spacial score (nSPS) is 28.9. The number of hydrogen-bond donors (Lipinski definition) is 1. The highest BCUT2D eigenvalue weighted by Crippen LogP contribution is 2.15. The van der Waals surface area contributed by atoms with Crippen LogP contribution in [0.5, 0.6) is 0 Å². The highest BCUT2D eigenvalue weighted by Gasteiger charge is 2.26. The Kier molecular flexibility index (Phi) is 5.26. The van der Waals surface area contributed by atoms with Crippen LogP contribution in [0.3, 0.4) is 0 Å². The lowest BCUT2D eigenvalue weighted by atomic mass is 10.2. The summed E-state index contributed by atoms with van der Waals surface area (Å²) in [5.74, 6) is 0. The summed E-state index contributed by atoms with van der Waals surface area (Å²) in [4.78, 5) is 5.31. The Balaban J connectivity index is 1.67. The lowest BCUT2D eigenvalue weighted by molar-refractivity contribution is 0.188. The van der Waals surface area contributed by atoms with Crippen LogP contribution >= 0.6 is 0 Å². The lowest BCUT2D eigenvalue weighted by Gasteiger charge is -2.28. The minimum atomic E-state index is 0.738. The zero-order valence-electron chi connectivity index (χ0n) is 11.6. The SMILES string of the molecule is CCCNC1CCN(C(C)CN2CCCC2)C1. The molecule has 0 aromatic rings. The fraction of sp³-hybridized carbons (Fsp3) is 1.00. The maximum absolute atomic E-state index is 3.65. The van der Waals surface area contributed by atoms with Gasteiger partial charge in [-0.05, 0) is 52.2 Å². The molecule has 0 radical (unpaired) electrons. The summed E-state index contributed by atoms with van der Waals surface area (Å²) < 4.78 is 0. The summed E-state index contributed by atoms with van der Waals surface area (Å²) in [5, 5.41) is 3.65. The molecule has 2 unspecified atom stereocenters. The zero-order valence-corrected chi connectivity index (χ0v) is 11.6. The molecular formula is C14H29N3. The lowest BCUT2D eigenvalue weighted by Crippen LogP contribution is -2.42. The van der Waals surface area contributed by atoms with Gasteiger partial charge in [-0.2, -0.15) is 0 Å². The van der Waals surface area contributed by atoms with Gasteiger partial charge in [-0.3, -0.25) is 4.90 Å². The van der Waals surface area contributed by atoms with Gasteiger partial charge < -0.3 is 10.2 Å². The summed E-state index contributed by atoms with van der Waals surface area (Å²) >= 11 is 0. The van der Waals surface area contributed by atoms with Crippen LogP contribution in [0, 0.1) is 0 Å². The van der Waals surface area contributed by atoms with E-state index in [9.17, 15) is 0 Å². The third-order valence-electron chi connectivity index (χ3n) is 4.25. The molecule has 2 heterocycles. The molecule has 3 heteroatoms. The van der Waals surface area contributed by atoms with Crippen molar-refractivity contribution in [3.05, 3.63) is 0 Å². The highest BCUT2D eigenvalue weighted by atomic mass is 15.2. The molecule has 1 N–H and O–H groups in total. The number of nitrogens with one attached hydrogen (secondary N) is 1. The first kappa shape index (κ1) is 13.3. The maximum atomic E-state index is 3.65. The van der Waals surface area contributed by atoms with Crippen LogP contribution in [0.4, 0.5) is 0 Å². The predicted octanol–water partition coefficient (Wildman–Crippen LogP) is 1.54. The highest BCUT2D eigenvalue weighted by molar-refractivity contribution is 4.85. The fourth-order valence-corrected chi connectivity index (χ4v) is 3.16. The molecule has 2 rings (SSSR count). The molecule has 0 bridgehead atoms. The van der Waals surface area contributed by atoms with Gasteiger partial charge in [0, 0.05) is 31.7 Å². The van der Waals surface area contributed by atoms with E-state index in [1.54, 1.807) is 0 Å². The van der Waals surface area contributed by atoms with Gasteiger partial charge in [0.05, 0.1) is 0 Å². The van der Waals surface area contributed by atoms with E-state index in [1.165, 1.54) is 65.0 Å². The van der Waals surface area contributed by atoms with E-state index in [2.05, 4.69) is 29.0 Å². The Morgan fingerprint density at radius 1 is 1.24 bits per heavy atom. The van der Waals surface area contributed by atoms with Gasteiger partial charge in [0.1, 0.15) is 0 Å². The number of hydrogen-bond acceptors (Lipinski definition) is 3. The van der Waals surface area contributed by atoms with Crippen molar-refractivity contribution in [3.63, 3.8) is 0 Å². The molecule has 100 valence electrons. The van der Waals surface area contributed by atoms with Gasteiger partial charge in [0.25, 0.3) is 0 Å². The van der Waals surface area contributed by atoms with Gasteiger partial charge in [0.15, 0.2) is 0 Å². The third-order valence-corrected chi connectivity index (χ3v) is 4.25. The second-order valence-electron chi connectivity index (χ2n) is 5.79. The first-order valence-electron chi connectivity index (χ1n) is 7.49. The standard InChI is InChI=1S/C14H29N3/c1-3-7-15-14-6-10-17(12-14)13(2)11-16-8-4-5-9-16/h13-15H,3-12H2,1-2H3. The van der Waals surface area contributed by atoms with Crippen LogP contribution in [0.1, 0.15) is 39.5 Å². The van der Waals surface area contributed by atoms with Crippen molar-refractivity contribution < 1.29 is 0 Å².